The lowest BCUT2D eigenvalue weighted by Crippen LogP contribution is -2.24. The molecule has 13 heavy (non-hydrogen) atoms. The summed E-state index contributed by atoms with van der Waals surface area (Å²) in [4.78, 5) is 11.4. The van der Waals surface area contributed by atoms with Crippen molar-refractivity contribution in [3.05, 3.63) is 17.5 Å². The predicted molar refractivity (Wildman–Crippen MR) is 44.8 cm³/mol. The van der Waals surface area contributed by atoms with E-state index in [9.17, 15) is 4.79 Å². The molecule has 0 saturated heterocycles. The van der Waals surface area contributed by atoms with Crippen molar-refractivity contribution in [2.75, 3.05) is 6.61 Å². The minimum absolute atomic E-state index is 0.234. The van der Waals surface area contributed by atoms with Gasteiger partial charge in [-0.3, -0.25) is 10.4 Å². The van der Waals surface area contributed by atoms with Crippen LogP contribution in [-0.4, -0.2) is 22.8 Å². The molecule has 0 spiro atoms. The summed E-state index contributed by atoms with van der Waals surface area (Å²) in [6.45, 7) is 2.85. The van der Waals surface area contributed by atoms with E-state index in [4.69, 9.17) is 4.74 Å². The summed E-state index contributed by atoms with van der Waals surface area (Å²) in [6, 6.07) is -0.339. The first kappa shape index (κ1) is 8.25. The van der Waals surface area contributed by atoms with Crippen molar-refractivity contribution in [1.29, 1.82) is 0 Å². The molecule has 5 nitrogen and oxygen atoms in total. The number of nitrogens with one attached hydrogen (secondary N) is 2. The average molecular weight is 181 g/mol. The van der Waals surface area contributed by atoms with Crippen LogP contribution in [0.5, 0.6) is 0 Å². The van der Waals surface area contributed by atoms with E-state index in [-0.39, 0.29) is 12.0 Å². The Hall–Kier alpha value is -1.36. The van der Waals surface area contributed by atoms with Crippen molar-refractivity contribution in [3.63, 3.8) is 0 Å². The molecule has 5 heteroatoms. The Morgan fingerprint density at radius 3 is 3.46 bits per heavy atom. The standard InChI is InChI=1S/C8H11N3O2/c1-2-13-8(12)7-5-3-10-11-6(5)4-9-7/h3,7,9H,2,4H2,1H3,(H,10,11). The number of rotatable bonds is 2. The molecule has 1 aromatic heterocycles. The van der Waals surface area contributed by atoms with Crippen molar-refractivity contribution in [2.45, 2.75) is 19.5 Å². The lowest BCUT2D eigenvalue weighted by Gasteiger charge is -2.08. The Morgan fingerprint density at radius 1 is 1.85 bits per heavy atom. The average Bonchev–Trinajstić information content (AvgIpc) is 2.62. The normalized spacial score (nSPS) is 19.9. The molecular formula is C8H11N3O2. The van der Waals surface area contributed by atoms with Crippen LogP contribution in [0.15, 0.2) is 6.20 Å². The number of hydrogen-bond acceptors (Lipinski definition) is 4. The molecule has 2 N–H and O–H groups in total. The number of ether oxygens (including phenoxy) is 1. The second kappa shape index (κ2) is 3.18. The fourth-order valence-electron chi connectivity index (χ4n) is 1.46. The molecule has 1 aliphatic heterocycles. The van der Waals surface area contributed by atoms with E-state index in [1.165, 1.54) is 0 Å². The molecule has 0 amide bonds. The zero-order valence-electron chi connectivity index (χ0n) is 7.33. The maximum Gasteiger partial charge on any atom is 0.327 e. The number of fused-ring (bicyclic) bond motifs is 1. The quantitative estimate of drug-likeness (QED) is 0.636. The molecule has 2 rings (SSSR count). The molecule has 70 valence electrons. The van der Waals surface area contributed by atoms with E-state index in [1.54, 1.807) is 13.1 Å². The fourth-order valence-corrected chi connectivity index (χ4v) is 1.46. The monoisotopic (exact) mass is 181 g/mol. The van der Waals surface area contributed by atoms with Crippen molar-refractivity contribution < 1.29 is 9.53 Å². The van der Waals surface area contributed by atoms with Gasteiger partial charge in [0.1, 0.15) is 6.04 Å². The molecule has 0 radical (unpaired) electrons. The van der Waals surface area contributed by atoms with Gasteiger partial charge in [-0.25, -0.2) is 4.79 Å². The van der Waals surface area contributed by atoms with Gasteiger partial charge in [0.05, 0.1) is 18.5 Å². The molecule has 0 saturated carbocycles. The van der Waals surface area contributed by atoms with Crippen LogP contribution in [0, 0.1) is 0 Å². The summed E-state index contributed by atoms with van der Waals surface area (Å²) in [5.41, 5.74) is 1.87. The lowest BCUT2D eigenvalue weighted by atomic mass is 10.2. The molecule has 1 unspecified atom stereocenters. The zero-order chi connectivity index (χ0) is 9.26. The highest BCUT2D eigenvalue weighted by molar-refractivity contribution is 5.78. The first-order chi connectivity index (χ1) is 6.33. The van der Waals surface area contributed by atoms with Gasteiger partial charge in [0, 0.05) is 12.1 Å². The van der Waals surface area contributed by atoms with Crippen LogP contribution in [-0.2, 0) is 16.1 Å². The van der Waals surface area contributed by atoms with Crippen LogP contribution in [0.2, 0.25) is 0 Å². The highest BCUT2D eigenvalue weighted by atomic mass is 16.5. The first-order valence-corrected chi connectivity index (χ1v) is 4.25. The van der Waals surface area contributed by atoms with Gasteiger partial charge in [-0.1, -0.05) is 0 Å². The Balaban J connectivity index is 2.16. The molecule has 1 aliphatic rings. The summed E-state index contributed by atoms with van der Waals surface area (Å²) in [6.07, 6.45) is 1.66. The van der Waals surface area contributed by atoms with Crippen molar-refractivity contribution in [3.8, 4) is 0 Å². The summed E-state index contributed by atoms with van der Waals surface area (Å²) in [7, 11) is 0. The van der Waals surface area contributed by atoms with Crippen molar-refractivity contribution in [2.24, 2.45) is 0 Å². The number of H-pyrrole nitrogens is 1. The largest absolute Gasteiger partial charge is 0.465 e. The number of hydrogen-bond donors (Lipinski definition) is 2. The molecule has 0 bridgehead atoms. The molecule has 0 aromatic carbocycles. The van der Waals surface area contributed by atoms with E-state index < -0.39 is 0 Å². The van der Waals surface area contributed by atoms with Crippen LogP contribution >= 0.6 is 0 Å². The number of carbonyl (C=O) groups excluding carboxylic acids is 1. The minimum atomic E-state index is -0.339. The van der Waals surface area contributed by atoms with Gasteiger partial charge in [-0.15, -0.1) is 0 Å². The van der Waals surface area contributed by atoms with Crippen LogP contribution in [0.1, 0.15) is 24.2 Å². The van der Waals surface area contributed by atoms with E-state index in [1.807, 2.05) is 0 Å². The van der Waals surface area contributed by atoms with Gasteiger partial charge < -0.3 is 4.74 Å². The number of nitrogens with zero attached hydrogens (tertiary/aromatic N) is 1. The van der Waals surface area contributed by atoms with Gasteiger partial charge in [-0.2, -0.15) is 5.10 Å². The Kier molecular flexibility index (Phi) is 2.02. The highest BCUT2D eigenvalue weighted by Gasteiger charge is 2.30. The first-order valence-electron chi connectivity index (χ1n) is 4.25. The summed E-state index contributed by atoms with van der Waals surface area (Å²) >= 11 is 0. The third kappa shape index (κ3) is 1.31. The molecule has 0 aliphatic carbocycles. The summed E-state index contributed by atoms with van der Waals surface area (Å²) < 4.78 is 4.91. The molecular weight excluding hydrogens is 170 g/mol. The van der Waals surface area contributed by atoms with Crippen LogP contribution in [0.25, 0.3) is 0 Å². The maximum absolute atomic E-state index is 11.4. The Morgan fingerprint density at radius 2 is 2.69 bits per heavy atom. The molecule has 1 aromatic rings. The molecule has 2 heterocycles. The summed E-state index contributed by atoms with van der Waals surface area (Å²) in [5, 5.41) is 9.73. The maximum atomic E-state index is 11.4. The second-order valence-corrected chi connectivity index (χ2v) is 2.87. The number of aromatic amines is 1. The smallest absolute Gasteiger partial charge is 0.327 e. The summed E-state index contributed by atoms with van der Waals surface area (Å²) in [5.74, 6) is -0.234. The third-order valence-electron chi connectivity index (χ3n) is 2.07. The molecule has 0 fully saturated rings. The van der Waals surface area contributed by atoms with Crippen molar-refractivity contribution in [1.82, 2.24) is 15.5 Å². The Labute approximate surface area is 75.5 Å². The van der Waals surface area contributed by atoms with Crippen LogP contribution in [0.4, 0.5) is 0 Å². The third-order valence-corrected chi connectivity index (χ3v) is 2.07. The molecule has 1 atom stereocenters. The second-order valence-electron chi connectivity index (χ2n) is 2.87. The van der Waals surface area contributed by atoms with Gasteiger partial charge in [0.15, 0.2) is 0 Å². The number of esters is 1. The van der Waals surface area contributed by atoms with E-state index >= 15 is 0 Å². The van der Waals surface area contributed by atoms with Gasteiger partial charge in [0.2, 0.25) is 0 Å². The van der Waals surface area contributed by atoms with E-state index in [0.717, 1.165) is 11.3 Å². The van der Waals surface area contributed by atoms with E-state index in [0.29, 0.717) is 13.2 Å². The SMILES string of the molecule is CCOC(=O)C1NCc2[nH]ncc21. The Bertz CT molecular complexity index is 321. The zero-order valence-corrected chi connectivity index (χ0v) is 7.33. The van der Waals surface area contributed by atoms with Gasteiger partial charge >= 0.3 is 5.97 Å². The van der Waals surface area contributed by atoms with Crippen molar-refractivity contribution >= 4 is 5.97 Å². The lowest BCUT2D eigenvalue weighted by molar-refractivity contribution is -0.145. The number of aromatic nitrogens is 2. The number of carbonyl (C=O) groups is 1. The topological polar surface area (TPSA) is 67.0 Å². The fraction of sp³-hybridized carbons (Fsp3) is 0.500. The van der Waals surface area contributed by atoms with Gasteiger partial charge in [-0.05, 0) is 6.92 Å². The van der Waals surface area contributed by atoms with E-state index in [2.05, 4.69) is 15.5 Å². The van der Waals surface area contributed by atoms with Gasteiger partial charge in [0.25, 0.3) is 0 Å². The van der Waals surface area contributed by atoms with Crippen LogP contribution in [0.3, 0.4) is 0 Å². The highest BCUT2D eigenvalue weighted by Crippen LogP contribution is 2.23. The predicted octanol–water partition coefficient (Wildman–Crippen LogP) is 0.117. The minimum Gasteiger partial charge on any atom is -0.465 e. The van der Waals surface area contributed by atoms with Crippen LogP contribution < -0.4 is 5.32 Å².